The maximum atomic E-state index is 12.3. The van der Waals surface area contributed by atoms with Crippen LogP contribution in [0.1, 0.15) is 44.0 Å². The van der Waals surface area contributed by atoms with E-state index in [1.165, 1.54) is 12.1 Å². The molecule has 124 valence electrons. The first kappa shape index (κ1) is 17.1. The maximum absolute atomic E-state index is 12.3. The highest BCUT2D eigenvalue weighted by molar-refractivity contribution is 5.96. The summed E-state index contributed by atoms with van der Waals surface area (Å²) in [7, 11) is 0. The molecule has 0 saturated carbocycles. The minimum atomic E-state index is -1.01. The summed E-state index contributed by atoms with van der Waals surface area (Å²) in [6.07, 6.45) is 1.68. The minimum absolute atomic E-state index is 0.0948. The molecule has 0 spiro atoms. The summed E-state index contributed by atoms with van der Waals surface area (Å²) in [6.45, 7) is 7.25. The van der Waals surface area contributed by atoms with E-state index in [4.69, 9.17) is 4.74 Å². The number of rotatable bonds is 7. The number of benzene rings is 1. The number of hydrogen-bond acceptors (Lipinski definition) is 3. The van der Waals surface area contributed by atoms with Gasteiger partial charge < -0.3 is 14.4 Å². The molecule has 5 nitrogen and oxygen atoms in total. The molecule has 2 rings (SSSR count). The van der Waals surface area contributed by atoms with Crippen LogP contribution >= 0.6 is 0 Å². The van der Waals surface area contributed by atoms with Gasteiger partial charge in [-0.05, 0) is 37.0 Å². The summed E-state index contributed by atoms with van der Waals surface area (Å²) in [5.41, 5.74) is 0.747. The first-order valence-electron chi connectivity index (χ1n) is 7.97. The Morgan fingerprint density at radius 2 is 2.04 bits per heavy atom. The van der Waals surface area contributed by atoms with Crippen LogP contribution in [0.15, 0.2) is 29.1 Å². The van der Waals surface area contributed by atoms with Gasteiger partial charge >= 0.3 is 5.97 Å². The number of aromatic carboxylic acids is 1. The smallest absolute Gasteiger partial charge is 0.335 e. The van der Waals surface area contributed by atoms with Crippen LogP contribution in [0.3, 0.4) is 0 Å². The Hall–Kier alpha value is -2.30. The van der Waals surface area contributed by atoms with Crippen molar-refractivity contribution in [3.8, 4) is 5.75 Å². The monoisotopic (exact) mass is 317 g/mol. The maximum Gasteiger partial charge on any atom is 0.335 e. The van der Waals surface area contributed by atoms with Crippen molar-refractivity contribution >= 4 is 16.9 Å². The highest BCUT2D eigenvalue weighted by Crippen LogP contribution is 2.27. The van der Waals surface area contributed by atoms with Gasteiger partial charge in [-0.2, -0.15) is 0 Å². The third-order valence-electron chi connectivity index (χ3n) is 3.68. The van der Waals surface area contributed by atoms with Crippen LogP contribution in [0, 0.1) is 5.92 Å². The highest BCUT2D eigenvalue weighted by Gasteiger charge is 2.14. The Morgan fingerprint density at radius 1 is 1.30 bits per heavy atom. The van der Waals surface area contributed by atoms with Crippen LogP contribution in [-0.4, -0.2) is 22.2 Å². The molecule has 1 aromatic carbocycles. The lowest BCUT2D eigenvalue weighted by molar-refractivity contribution is 0.0696. The molecule has 0 aliphatic carbocycles. The van der Waals surface area contributed by atoms with Crippen molar-refractivity contribution in [1.29, 1.82) is 0 Å². The quantitative estimate of drug-likeness (QED) is 0.848. The molecule has 1 aromatic heterocycles. The lowest BCUT2D eigenvalue weighted by atomic mass is 10.1. The molecule has 23 heavy (non-hydrogen) atoms. The number of fused-ring (bicyclic) bond motifs is 1. The number of ether oxygens (including phenoxy) is 1. The van der Waals surface area contributed by atoms with Crippen molar-refractivity contribution in [1.82, 2.24) is 4.57 Å². The fourth-order valence-corrected chi connectivity index (χ4v) is 2.46. The summed E-state index contributed by atoms with van der Waals surface area (Å²) < 4.78 is 7.43. The first-order chi connectivity index (χ1) is 10.9. The number of carboxylic acid groups (broad SMARTS) is 1. The zero-order valence-electron chi connectivity index (χ0n) is 13.8. The molecule has 0 amide bonds. The molecule has 0 atom stereocenters. The number of pyridine rings is 1. The van der Waals surface area contributed by atoms with E-state index < -0.39 is 5.97 Å². The fraction of sp³-hybridized carbons (Fsp3) is 0.444. The summed E-state index contributed by atoms with van der Waals surface area (Å²) in [4.78, 5) is 23.6. The standard InChI is InChI=1S/C18H23NO4/c1-4-9-23-15-11-14(18(21)22)10-13-5-6-16(20)19(17(13)15)8-7-12(2)3/h5-6,10-12H,4,7-9H2,1-3H3,(H,21,22). The van der Waals surface area contributed by atoms with Crippen molar-refractivity contribution in [2.45, 2.75) is 40.2 Å². The zero-order chi connectivity index (χ0) is 17.0. The van der Waals surface area contributed by atoms with E-state index in [2.05, 4.69) is 13.8 Å². The van der Waals surface area contributed by atoms with Crippen molar-refractivity contribution in [3.05, 3.63) is 40.2 Å². The lowest BCUT2D eigenvalue weighted by Gasteiger charge is -2.16. The SMILES string of the molecule is CCCOc1cc(C(=O)O)cc2ccc(=O)n(CCC(C)C)c12. The number of aromatic nitrogens is 1. The minimum Gasteiger partial charge on any atom is -0.491 e. The predicted octanol–water partition coefficient (Wildman–Crippen LogP) is 3.53. The van der Waals surface area contributed by atoms with Crippen LogP contribution in [0.2, 0.25) is 0 Å². The van der Waals surface area contributed by atoms with Gasteiger partial charge in [0.2, 0.25) is 0 Å². The summed E-state index contributed by atoms with van der Waals surface area (Å²) in [5, 5.41) is 9.98. The topological polar surface area (TPSA) is 68.5 Å². The van der Waals surface area contributed by atoms with E-state index in [9.17, 15) is 14.7 Å². The fourth-order valence-electron chi connectivity index (χ4n) is 2.46. The van der Waals surface area contributed by atoms with E-state index >= 15 is 0 Å². The van der Waals surface area contributed by atoms with Crippen molar-refractivity contribution in [2.75, 3.05) is 6.61 Å². The second kappa shape index (κ2) is 7.31. The number of aryl methyl sites for hydroxylation is 1. The van der Waals surface area contributed by atoms with Crippen LogP contribution in [-0.2, 0) is 6.54 Å². The van der Waals surface area contributed by atoms with Gasteiger partial charge in [0.15, 0.2) is 0 Å². The second-order valence-corrected chi connectivity index (χ2v) is 6.07. The molecule has 0 saturated heterocycles. The Morgan fingerprint density at radius 3 is 2.65 bits per heavy atom. The molecule has 0 radical (unpaired) electrons. The first-order valence-corrected chi connectivity index (χ1v) is 7.97. The largest absolute Gasteiger partial charge is 0.491 e. The van der Waals surface area contributed by atoms with Crippen molar-refractivity contribution in [2.24, 2.45) is 5.92 Å². The van der Waals surface area contributed by atoms with Gasteiger partial charge in [0, 0.05) is 18.0 Å². The van der Waals surface area contributed by atoms with E-state index in [-0.39, 0.29) is 11.1 Å². The molecule has 0 fully saturated rings. The Balaban J connectivity index is 2.66. The average molecular weight is 317 g/mol. The van der Waals surface area contributed by atoms with Gasteiger partial charge in [-0.15, -0.1) is 0 Å². The zero-order valence-corrected chi connectivity index (χ0v) is 13.8. The van der Waals surface area contributed by atoms with Crippen molar-refractivity contribution in [3.63, 3.8) is 0 Å². The van der Waals surface area contributed by atoms with E-state index in [1.807, 2.05) is 6.92 Å². The predicted molar refractivity (Wildman–Crippen MR) is 90.4 cm³/mol. The molecule has 1 N–H and O–H groups in total. The van der Waals surface area contributed by atoms with Crippen LogP contribution in [0.4, 0.5) is 0 Å². The molecule has 1 heterocycles. The Bertz CT molecular complexity index is 761. The van der Waals surface area contributed by atoms with Gasteiger partial charge in [-0.3, -0.25) is 4.79 Å². The van der Waals surface area contributed by atoms with Gasteiger partial charge in [0.05, 0.1) is 17.7 Å². The Kier molecular flexibility index (Phi) is 5.42. The van der Waals surface area contributed by atoms with Gasteiger partial charge in [-0.1, -0.05) is 20.8 Å². The molecular formula is C18H23NO4. The van der Waals surface area contributed by atoms with E-state index in [0.29, 0.717) is 35.7 Å². The van der Waals surface area contributed by atoms with Gasteiger partial charge in [-0.25, -0.2) is 4.79 Å². The Labute approximate surface area is 135 Å². The lowest BCUT2D eigenvalue weighted by Crippen LogP contribution is -2.21. The molecule has 0 aliphatic rings. The van der Waals surface area contributed by atoms with Crippen molar-refractivity contribution < 1.29 is 14.6 Å². The molecule has 0 unspecified atom stereocenters. The third kappa shape index (κ3) is 3.92. The van der Waals surface area contributed by atoms with Crippen LogP contribution < -0.4 is 10.3 Å². The van der Waals surface area contributed by atoms with Gasteiger partial charge in [0.25, 0.3) is 5.56 Å². The molecule has 2 aromatic rings. The van der Waals surface area contributed by atoms with E-state index in [1.54, 1.807) is 16.7 Å². The molecule has 0 aliphatic heterocycles. The molecule has 5 heteroatoms. The van der Waals surface area contributed by atoms with Gasteiger partial charge in [0.1, 0.15) is 5.75 Å². The molecule has 0 bridgehead atoms. The summed E-state index contributed by atoms with van der Waals surface area (Å²) in [5.74, 6) is -0.0770. The van der Waals surface area contributed by atoms with Crippen LogP contribution in [0.25, 0.3) is 10.9 Å². The third-order valence-corrected chi connectivity index (χ3v) is 3.68. The van der Waals surface area contributed by atoms with Crippen LogP contribution in [0.5, 0.6) is 5.75 Å². The normalized spacial score (nSPS) is 11.1. The van der Waals surface area contributed by atoms with E-state index in [0.717, 1.165) is 12.8 Å². The highest BCUT2D eigenvalue weighted by atomic mass is 16.5. The number of nitrogens with zero attached hydrogens (tertiary/aromatic N) is 1. The molecular weight excluding hydrogens is 294 g/mol. The average Bonchev–Trinajstić information content (AvgIpc) is 2.51. The number of carboxylic acids is 1. The summed E-state index contributed by atoms with van der Waals surface area (Å²) >= 11 is 0. The summed E-state index contributed by atoms with van der Waals surface area (Å²) in [6, 6.07) is 6.24. The second-order valence-electron chi connectivity index (χ2n) is 6.07. The number of hydrogen-bond donors (Lipinski definition) is 1. The number of carbonyl (C=O) groups is 1.